The van der Waals surface area contributed by atoms with E-state index in [4.69, 9.17) is 0 Å². The number of fused-ring (bicyclic) bond motifs is 4. The van der Waals surface area contributed by atoms with Crippen molar-refractivity contribution >= 4 is 38.7 Å². The number of nitrogens with one attached hydrogen (secondary N) is 1. The maximum Gasteiger partial charge on any atom is 0.282 e. The van der Waals surface area contributed by atoms with Crippen LogP contribution in [0.1, 0.15) is 41.3 Å². The molecule has 1 N–H and O–H groups in total. The molecular formula is C21H20N4OS. The Morgan fingerprint density at radius 3 is 3.11 bits per heavy atom. The lowest BCUT2D eigenvalue weighted by Crippen LogP contribution is -2.18. The predicted molar refractivity (Wildman–Crippen MR) is 111 cm³/mol. The summed E-state index contributed by atoms with van der Waals surface area (Å²) in [5.41, 5.74) is 4.51. The molecule has 0 amide bonds. The molecule has 3 heterocycles. The molecule has 0 radical (unpaired) electrons. The molecular weight excluding hydrogens is 356 g/mol. The molecule has 6 heteroatoms. The Morgan fingerprint density at radius 1 is 1.33 bits per heavy atom. The maximum atomic E-state index is 13.0. The van der Waals surface area contributed by atoms with Gasteiger partial charge in [0.25, 0.3) is 5.56 Å². The van der Waals surface area contributed by atoms with Crippen LogP contribution in [0.15, 0.2) is 40.6 Å². The molecule has 0 atom stereocenters. The molecule has 0 bridgehead atoms. The first-order chi connectivity index (χ1) is 13.3. The summed E-state index contributed by atoms with van der Waals surface area (Å²) in [6.07, 6.45) is 10.6. The lowest BCUT2D eigenvalue weighted by Gasteiger charge is -2.09. The smallest absolute Gasteiger partial charge is 0.282 e. The van der Waals surface area contributed by atoms with Crippen molar-refractivity contribution < 1.29 is 0 Å². The maximum absolute atomic E-state index is 13.0. The number of hydrogen-bond donors (Lipinski definition) is 1. The van der Waals surface area contributed by atoms with Gasteiger partial charge in [0, 0.05) is 27.5 Å². The van der Waals surface area contributed by atoms with Crippen molar-refractivity contribution in [2.24, 2.45) is 5.10 Å². The molecule has 4 aromatic rings. The standard InChI is InChI=1S/C21H20N4OS/c1-2-13-6-5-8-15-14(10-22-19(13)15)11-24-25-12-23-20-18(21(25)26)16-7-3-4-9-17(16)27-20/h5-6,8,10-12,22H,2-4,7,9H2,1H3. The zero-order valence-electron chi connectivity index (χ0n) is 15.2. The average molecular weight is 376 g/mol. The van der Waals surface area contributed by atoms with Gasteiger partial charge in [-0.15, -0.1) is 11.3 Å². The number of aromatic amines is 1. The Kier molecular flexibility index (Phi) is 3.93. The number of thiophene rings is 1. The number of benzene rings is 1. The number of aryl methyl sites for hydroxylation is 3. The molecule has 1 aliphatic carbocycles. The Balaban J connectivity index is 1.59. The van der Waals surface area contributed by atoms with E-state index < -0.39 is 0 Å². The van der Waals surface area contributed by atoms with Gasteiger partial charge in [-0.25, -0.2) is 4.98 Å². The molecule has 136 valence electrons. The van der Waals surface area contributed by atoms with Crippen molar-refractivity contribution in [2.75, 3.05) is 0 Å². The molecule has 0 unspecified atom stereocenters. The summed E-state index contributed by atoms with van der Waals surface area (Å²) >= 11 is 1.66. The van der Waals surface area contributed by atoms with E-state index in [0.29, 0.717) is 0 Å². The van der Waals surface area contributed by atoms with E-state index in [9.17, 15) is 4.79 Å². The van der Waals surface area contributed by atoms with Crippen LogP contribution in [0.2, 0.25) is 0 Å². The van der Waals surface area contributed by atoms with Crippen LogP contribution in [0.25, 0.3) is 21.1 Å². The molecule has 3 aromatic heterocycles. The summed E-state index contributed by atoms with van der Waals surface area (Å²) in [7, 11) is 0. The highest BCUT2D eigenvalue weighted by Gasteiger charge is 2.19. The van der Waals surface area contributed by atoms with Gasteiger partial charge in [0.15, 0.2) is 0 Å². The van der Waals surface area contributed by atoms with Crippen molar-refractivity contribution in [1.82, 2.24) is 14.6 Å². The molecule has 5 rings (SSSR count). The number of nitrogens with zero attached hydrogens (tertiary/aromatic N) is 3. The van der Waals surface area contributed by atoms with Gasteiger partial charge in [-0.3, -0.25) is 4.79 Å². The van der Waals surface area contributed by atoms with Crippen LogP contribution in [-0.2, 0) is 19.3 Å². The lowest BCUT2D eigenvalue weighted by atomic mass is 9.97. The van der Waals surface area contributed by atoms with Gasteiger partial charge in [0.1, 0.15) is 11.2 Å². The first-order valence-corrected chi connectivity index (χ1v) is 10.2. The number of aromatic nitrogens is 3. The van der Waals surface area contributed by atoms with Crippen molar-refractivity contribution in [3.63, 3.8) is 0 Å². The summed E-state index contributed by atoms with van der Waals surface area (Å²) in [6.45, 7) is 2.14. The van der Waals surface area contributed by atoms with Gasteiger partial charge in [-0.2, -0.15) is 9.78 Å². The first kappa shape index (κ1) is 16.4. The molecule has 0 aliphatic heterocycles. The highest BCUT2D eigenvalue weighted by atomic mass is 32.1. The fraction of sp³-hybridized carbons (Fsp3) is 0.286. The third-order valence-corrected chi connectivity index (χ3v) is 6.59. The van der Waals surface area contributed by atoms with E-state index in [2.05, 4.69) is 40.2 Å². The molecule has 0 spiro atoms. The third kappa shape index (κ3) is 2.63. The van der Waals surface area contributed by atoms with Gasteiger partial charge < -0.3 is 4.98 Å². The summed E-state index contributed by atoms with van der Waals surface area (Å²) in [4.78, 5) is 23.0. The second-order valence-electron chi connectivity index (χ2n) is 6.97. The van der Waals surface area contributed by atoms with Crippen LogP contribution in [0.5, 0.6) is 0 Å². The molecule has 0 fully saturated rings. The predicted octanol–water partition coefficient (Wildman–Crippen LogP) is 4.26. The van der Waals surface area contributed by atoms with Crippen LogP contribution in [0, 0.1) is 0 Å². The summed E-state index contributed by atoms with van der Waals surface area (Å²) in [6, 6.07) is 6.26. The van der Waals surface area contributed by atoms with Crippen LogP contribution < -0.4 is 5.56 Å². The number of hydrogen-bond acceptors (Lipinski definition) is 4. The van der Waals surface area contributed by atoms with E-state index in [1.807, 2.05) is 6.20 Å². The fourth-order valence-corrected chi connectivity index (χ4v) is 5.20. The number of H-pyrrole nitrogens is 1. The summed E-state index contributed by atoms with van der Waals surface area (Å²) in [5.74, 6) is 0. The quantitative estimate of drug-likeness (QED) is 0.543. The normalized spacial score (nSPS) is 14.4. The topological polar surface area (TPSA) is 63.0 Å². The monoisotopic (exact) mass is 376 g/mol. The number of rotatable bonds is 3. The van der Waals surface area contributed by atoms with Gasteiger partial charge in [-0.1, -0.05) is 25.1 Å². The van der Waals surface area contributed by atoms with E-state index in [1.165, 1.54) is 33.4 Å². The van der Waals surface area contributed by atoms with E-state index in [1.54, 1.807) is 17.6 Å². The molecule has 0 saturated carbocycles. The van der Waals surface area contributed by atoms with E-state index in [-0.39, 0.29) is 5.56 Å². The Morgan fingerprint density at radius 2 is 2.22 bits per heavy atom. The summed E-state index contributed by atoms with van der Waals surface area (Å²) < 4.78 is 1.37. The van der Waals surface area contributed by atoms with Gasteiger partial charge in [-0.05, 0) is 43.2 Å². The third-order valence-electron chi connectivity index (χ3n) is 5.39. The highest BCUT2D eigenvalue weighted by Crippen LogP contribution is 2.33. The first-order valence-electron chi connectivity index (χ1n) is 9.41. The minimum absolute atomic E-state index is 0.0651. The van der Waals surface area contributed by atoms with Gasteiger partial charge >= 0.3 is 0 Å². The lowest BCUT2D eigenvalue weighted by molar-refractivity contribution is 0.699. The van der Waals surface area contributed by atoms with Gasteiger partial charge in [0.05, 0.1) is 11.6 Å². The molecule has 1 aliphatic rings. The highest BCUT2D eigenvalue weighted by molar-refractivity contribution is 7.18. The minimum Gasteiger partial charge on any atom is -0.360 e. The second-order valence-corrected chi connectivity index (χ2v) is 8.05. The Labute approximate surface area is 160 Å². The van der Waals surface area contributed by atoms with Crippen molar-refractivity contribution in [3.8, 4) is 0 Å². The Bertz CT molecular complexity index is 1240. The minimum atomic E-state index is -0.0651. The van der Waals surface area contributed by atoms with Crippen molar-refractivity contribution in [3.05, 3.63) is 62.6 Å². The summed E-state index contributed by atoms with van der Waals surface area (Å²) in [5, 5.41) is 6.32. The zero-order chi connectivity index (χ0) is 18.4. The molecule has 0 saturated heterocycles. The van der Waals surface area contributed by atoms with E-state index in [0.717, 1.165) is 52.4 Å². The van der Waals surface area contributed by atoms with Crippen LogP contribution in [0.4, 0.5) is 0 Å². The fourth-order valence-electron chi connectivity index (χ4n) is 3.98. The zero-order valence-corrected chi connectivity index (χ0v) is 16.0. The van der Waals surface area contributed by atoms with Crippen LogP contribution in [0.3, 0.4) is 0 Å². The molecule has 27 heavy (non-hydrogen) atoms. The largest absolute Gasteiger partial charge is 0.360 e. The second kappa shape index (κ2) is 6.46. The van der Waals surface area contributed by atoms with Crippen LogP contribution >= 0.6 is 11.3 Å². The average Bonchev–Trinajstić information content (AvgIpc) is 3.29. The van der Waals surface area contributed by atoms with Crippen LogP contribution in [-0.4, -0.2) is 20.9 Å². The van der Waals surface area contributed by atoms with Gasteiger partial charge in [0.2, 0.25) is 0 Å². The van der Waals surface area contributed by atoms with E-state index >= 15 is 0 Å². The Hall–Kier alpha value is -2.73. The van der Waals surface area contributed by atoms with Crippen molar-refractivity contribution in [1.29, 1.82) is 0 Å². The molecule has 5 nitrogen and oxygen atoms in total. The molecule has 1 aromatic carbocycles. The van der Waals surface area contributed by atoms with Crippen molar-refractivity contribution in [2.45, 2.75) is 39.0 Å². The SMILES string of the molecule is CCc1cccc2c(C=Nn3cnc4sc5c(c4c3=O)CCCC5)c[nH]c12. The number of para-hydroxylation sites is 1.